The molecule has 2 fully saturated rings. The van der Waals surface area contributed by atoms with Crippen molar-refractivity contribution in [1.29, 1.82) is 0 Å². The highest BCUT2D eigenvalue weighted by atomic mass is 16.5. The van der Waals surface area contributed by atoms with Crippen molar-refractivity contribution in [3.63, 3.8) is 0 Å². The van der Waals surface area contributed by atoms with E-state index >= 15 is 0 Å². The second-order valence-electron chi connectivity index (χ2n) is 4.78. The number of carbonyl (C=O) groups excluding carboxylic acids is 1. The summed E-state index contributed by atoms with van der Waals surface area (Å²) in [6.45, 7) is 3.49. The maximum absolute atomic E-state index is 11.7. The van der Waals surface area contributed by atoms with Gasteiger partial charge in [0.25, 0.3) is 0 Å². The van der Waals surface area contributed by atoms with Crippen molar-refractivity contribution in [2.75, 3.05) is 33.3 Å². The van der Waals surface area contributed by atoms with E-state index in [1.54, 1.807) is 0 Å². The minimum absolute atomic E-state index is 0.0331. The first-order valence-electron chi connectivity index (χ1n) is 5.72. The lowest BCUT2D eigenvalue weighted by Gasteiger charge is -2.37. The third kappa shape index (κ3) is 2.01. The molecule has 1 aliphatic heterocycles. The predicted octanol–water partition coefficient (Wildman–Crippen LogP) is 0.220. The molecule has 1 unspecified atom stereocenters. The van der Waals surface area contributed by atoms with Gasteiger partial charge in [-0.15, -0.1) is 0 Å². The van der Waals surface area contributed by atoms with E-state index in [0.717, 1.165) is 26.1 Å². The molecule has 4 heteroatoms. The zero-order chi connectivity index (χ0) is 10.9. The molecule has 0 bridgehead atoms. The van der Waals surface area contributed by atoms with Gasteiger partial charge in [-0.05, 0) is 31.2 Å². The molecule has 0 aromatic rings. The van der Waals surface area contributed by atoms with Gasteiger partial charge in [0.05, 0.1) is 13.0 Å². The molecule has 86 valence electrons. The topological polar surface area (TPSA) is 55.6 Å². The molecule has 2 aliphatic rings. The van der Waals surface area contributed by atoms with E-state index in [0.29, 0.717) is 6.54 Å². The van der Waals surface area contributed by atoms with Crippen LogP contribution in [0.5, 0.6) is 0 Å². The van der Waals surface area contributed by atoms with Crippen molar-refractivity contribution in [2.45, 2.75) is 19.3 Å². The molecule has 0 aromatic heterocycles. The van der Waals surface area contributed by atoms with E-state index in [9.17, 15) is 4.79 Å². The highest BCUT2D eigenvalue weighted by Crippen LogP contribution is 2.57. The van der Waals surface area contributed by atoms with Gasteiger partial charge in [0.15, 0.2) is 0 Å². The van der Waals surface area contributed by atoms with Crippen molar-refractivity contribution in [3.8, 4) is 0 Å². The maximum Gasteiger partial charge on any atom is 0.310 e. The van der Waals surface area contributed by atoms with Gasteiger partial charge in [-0.3, -0.25) is 4.79 Å². The number of piperidine rings is 1. The number of rotatable bonds is 3. The van der Waals surface area contributed by atoms with Crippen LogP contribution in [0, 0.1) is 11.3 Å². The fraction of sp³-hybridized carbons (Fsp3) is 0.909. The number of hydrogen-bond donors (Lipinski definition) is 1. The van der Waals surface area contributed by atoms with Crippen LogP contribution in [0.3, 0.4) is 0 Å². The molecule has 2 rings (SSSR count). The Morgan fingerprint density at radius 1 is 1.53 bits per heavy atom. The van der Waals surface area contributed by atoms with Gasteiger partial charge in [0.1, 0.15) is 0 Å². The van der Waals surface area contributed by atoms with E-state index in [4.69, 9.17) is 10.5 Å². The Morgan fingerprint density at radius 3 is 2.80 bits per heavy atom. The van der Waals surface area contributed by atoms with E-state index in [1.165, 1.54) is 20.0 Å². The van der Waals surface area contributed by atoms with Crippen LogP contribution in [-0.4, -0.2) is 44.2 Å². The highest BCUT2D eigenvalue weighted by Gasteiger charge is 2.54. The van der Waals surface area contributed by atoms with E-state index in [2.05, 4.69) is 4.90 Å². The quantitative estimate of drug-likeness (QED) is 0.680. The van der Waals surface area contributed by atoms with Crippen LogP contribution in [0.1, 0.15) is 19.3 Å². The Bertz CT molecular complexity index is 251. The molecular weight excluding hydrogens is 192 g/mol. The van der Waals surface area contributed by atoms with Crippen molar-refractivity contribution >= 4 is 5.97 Å². The summed E-state index contributed by atoms with van der Waals surface area (Å²) in [6, 6.07) is 0. The number of carbonyl (C=O) groups is 1. The van der Waals surface area contributed by atoms with Crippen molar-refractivity contribution in [3.05, 3.63) is 0 Å². The summed E-state index contributed by atoms with van der Waals surface area (Å²) in [4.78, 5) is 14.0. The second-order valence-corrected chi connectivity index (χ2v) is 4.78. The van der Waals surface area contributed by atoms with Crippen LogP contribution < -0.4 is 5.73 Å². The molecule has 0 aromatic carbocycles. The largest absolute Gasteiger partial charge is 0.469 e. The first kappa shape index (κ1) is 10.9. The van der Waals surface area contributed by atoms with Gasteiger partial charge in [-0.25, -0.2) is 0 Å². The molecule has 4 nitrogen and oxygen atoms in total. The van der Waals surface area contributed by atoms with Gasteiger partial charge < -0.3 is 15.4 Å². The lowest BCUT2D eigenvalue weighted by Crippen LogP contribution is -2.46. The molecule has 1 atom stereocenters. The van der Waals surface area contributed by atoms with Crippen LogP contribution in [0.4, 0.5) is 0 Å². The van der Waals surface area contributed by atoms with Crippen molar-refractivity contribution in [1.82, 2.24) is 4.90 Å². The summed E-state index contributed by atoms with van der Waals surface area (Å²) in [5.41, 5.74) is 5.83. The van der Waals surface area contributed by atoms with Crippen LogP contribution >= 0.6 is 0 Å². The van der Waals surface area contributed by atoms with Gasteiger partial charge in [0.2, 0.25) is 0 Å². The molecule has 1 saturated heterocycles. The third-order valence-electron chi connectivity index (χ3n) is 3.93. The zero-order valence-electron chi connectivity index (χ0n) is 9.37. The van der Waals surface area contributed by atoms with Crippen molar-refractivity contribution in [2.24, 2.45) is 17.1 Å². The van der Waals surface area contributed by atoms with Gasteiger partial charge >= 0.3 is 5.97 Å². The predicted molar refractivity (Wildman–Crippen MR) is 57.3 cm³/mol. The maximum atomic E-state index is 11.7. The van der Waals surface area contributed by atoms with Crippen LogP contribution in [0.25, 0.3) is 0 Å². The van der Waals surface area contributed by atoms with Gasteiger partial charge in [-0.1, -0.05) is 0 Å². The lowest BCUT2D eigenvalue weighted by atomic mass is 9.82. The average Bonchev–Trinajstić information content (AvgIpc) is 3.01. The Labute approximate surface area is 90.8 Å². The molecule has 1 heterocycles. The number of nitrogens with zero attached hydrogens (tertiary/aromatic N) is 1. The molecule has 15 heavy (non-hydrogen) atoms. The number of nitrogens with two attached hydrogens (primary N) is 1. The monoisotopic (exact) mass is 212 g/mol. The summed E-state index contributed by atoms with van der Waals surface area (Å²) in [6.07, 6.45) is 3.53. The number of methoxy groups -OCH3 is 1. The van der Waals surface area contributed by atoms with Crippen LogP contribution in [-0.2, 0) is 9.53 Å². The fourth-order valence-electron chi connectivity index (χ4n) is 2.71. The molecule has 0 amide bonds. The summed E-state index contributed by atoms with van der Waals surface area (Å²) in [7, 11) is 1.49. The third-order valence-corrected chi connectivity index (χ3v) is 3.93. The number of esters is 1. The van der Waals surface area contributed by atoms with Gasteiger partial charge in [-0.2, -0.15) is 0 Å². The number of likely N-dealkylation sites (tertiary alicyclic amines) is 1. The molecule has 0 radical (unpaired) electrons. The Kier molecular flexibility index (Phi) is 2.98. The van der Waals surface area contributed by atoms with Crippen LogP contribution in [0.2, 0.25) is 0 Å². The minimum Gasteiger partial charge on any atom is -0.469 e. The first-order valence-corrected chi connectivity index (χ1v) is 5.72. The standard InChI is InChI=1S/C11H20N2O2/c1-15-10(14)9-8-13(7-5-12)6-4-11(9)2-3-11/h9H,2-8,12H2,1H3. The Morgan fingerprint density at radius 2 is 2.27 bits per heavy atom. The summed E-state index contributed by atoms with van der Waals surface area (Å²) >= 11 is 0. The summed E-state index contributed by atoms with van der Waals surface area (Å²) in [5, 5.41) is 0. The number of ether oxygens (including phenoxy) is 1. The smallest absolute Gasteiger partial charge is 0.310 e. The Balaban J connectivity index is 2.00. The molecule has 2 N–H and O–H groups in total. The first-order chi connectivity index (χ1) is 7.22. The van der Waals surface area contributed by atoms with Crippen LogP contribution in [0.15, 0.2) is 0 Å². The normalized spacial score (nSPS) is 29.1. The minimum atomic E-state index is -0.0331. The van der Waals surface area contributed by atoms with E-state index in [1.807, 2.05) is 0 Å². The fourth-order valence-corrected chi connectivity index (χ4v) is 2.71. The second kappa shape index (κ2) is 4.10. The van der Waals surface area contributed by atoms with E-state index < -0.39 is 0 Å². The summed E-state index contributed by atoms with van der Waals surface area (Å²) < 4.78 is 4.89. The Hall–Kier alpha value is -0.610. The molecule has 1 aliphatic carbocycles. The zero-order valence-corrected chi connectivity index (χ0v) is 9.37. The van der Waals surface area contributed by atoms with E-state index in [-0.39, 0.29) is 17.3 Å². The highest BCUT2D eigenvalue weighted by molar-refractivity contribution is 5.74. The SMILES string of the molecule is COC(=O)C1CN(CCN)CCC12CC2. The molecule has 1 saturated carbocycles. The molecular formula is C11H20N2O2. The summed E-state index contributed by atoms with van der Waals surface area (Å²) in [5.74, 6) is 0.0528. The van der Waals surface area contributed by atoms with Gasteiger partial charge in [0, 0.05) is 19.6 Å². The van der Waals surface area contributed by atoms with Crippen molar-refractivity contribution < 1.29 is 9.53 Å². The lowest BCUT2D eigenvalue weighted by molar-refractivity contribution is -0.150. The average molecular weight is 212 g/mol. The molecule has 1 spiro atoms. The number of hydrogen-bond acceptors (Lipinski definition) is 4.